The SMILES string of the molecule is Cc1cc(N)c(NC(=O)C2CSc3ccccc32)c(Br)c1. The van der Waals surface area contributed by atoms with Crippen LogP contribution in [0.1, 0.15) is 17.0 Å². The standard InChI is InChI=1S/C16H15BrN2OS/c1-9-6-12(17)15(13(18)7-9)19-16(20)11-8-21-14-5-3-2-4-10(11)14/h2-7,11H,8,18H2,1H3,(H,19,20). The quantitative estimate of drug-likeness (QED) is 0.788. The molecule has 5 heteroatoms. The van der Waals surface area contributed by atoms with Gasteiger partial charge in [-0.3, -0.25) is 4.79 Å². The highest BCUT2D eigenvalue weighted by molar-refractivity contribution is 9.10. The fraction of sp³-hybridized carbons (Fsp3) is 0.188. The summed E-state index contributed by atoms with van der Waals surface area (Å²) >= 11 is 5.19. The van der Waals surface area contributed by atoms with E-state index in [9.17, 15) is 4.79 Å². The first-order valence-corrected chi connectivity index (χ1v) is 8.42. The fourth-order valence-electron chi connectivity index (χ4n) is 2.49. The van der Waals surface area contributed by atoms with E-state index in [0.717, 1.165) is 21.4 Å². The first kappa shape index (κ1) is 14.5. The molecule has 1 unspecified atom stereocenters. The molecule has 0 saturated heterocycles. The average molecular weight is 363 g/mol. The molecular weight excluding hydrogens is 348 g/mol. The lowest BCUT2D eigenvalue weighted by atomic mass is 10.0. The summed E-state index contributed by atoms with van der Waals surface area (Å²) in [5, 5.41) is 2.96. The molecule has 1 aliphatic rings. The third kappa shape index (κ3) is 2.80. The van der Waals surface area contributed by atoms with E-state index < -0.39 is 0 Å². The zero-order valence-corrected chi connectivity index (χ0v) is 13.9. The second-order valence-electron chi connectivity index (χ2n) is 5.10. The summed E-state index contributed by atoms with van der Waals surface area (Å²) in [6, 6.07) is 11.9. The Labute approximate surface area is 136 Å². The van der Waals surface area contributed by atoms with Gasteiger partial charge in [-0.1, -0.05) is 18.2 Å². The Bertz CT molecular complexity index is 694. The average Bonchev–Trinajstić information content (AvgIpc) is 2.86. The number of nitrogens with two attached hydrogens (primary N) is 1. The van der Waals surface area contributed by atoms with Crippen molar-refractivity contribution in [1.29, 1.82) is 0 Å². The van der Waals surface area contributed by atoms with Gasteiger partial charge in [0.2, 0.25) is 5.91 Å². The van der Waals surface area contributed by atoms with Crippen molar-refractivity contribution in [3.8, 4) is 0 Å². The molecule has 1 heterocycles. The number of nitrogen functional groups attached to an aromatic ring is 1. The molecule has 0 saturated carbocycles. The fourth-order valence-corrected chi connectivity index (χ4v) is 4.41. The molecule has 3 N–H and O–H groups in total. The largest absolute Gasteiger partial charge is 0.397 e. The van der Waals surface area contributed by atoms with Crippen LogP contribution in [0.3, 0.4) is 0 Å². The van der Waals surface area contributed by atoms with Gasteiger partial charge >= 0.3 is 0 Å². The molecule has 108 valence electrons. The van der Waals surface area contributed by atoms with E-state index in [0.29, 0.717) is 11.4 Å². The van der Waals surface area contributed by atoms with Gasteiger partial charge in [-0.15, -0.1) is 11.8 Å². The number of halogens is 1. The van der Waals surface area contributed by atoms with Crippen molar-refractivity contribution in [2.75, 3.05) is 16.8 Å². The minimum Gasteiger partial charge on any atom is -0.397 e. The lowest BCUT2D eigenvalue weighted by Gasteiger charge is -2.15. The molecule has 21 heavy (non-hydrogen) atoms. The van der Waals surface area contributed by atoms with E-state index in [-0.39, 0.29) is 11.8 Å². The van der Waals surface area contributed by atoms with Crippen LogP contribution >= 0.6 is 27.7 Å². The molecule has 2 aromatic carbocycles. The molecule has 0 bridgehead atoms. The van der Waals surface area contributed by atoms with Crippen molar-refractivity contribution >= 4 is 45.0 Å². The molecule has 0 fully saturated rings. The van der Waals surface area contributed by atoms with Crippen molar-refractivity contribution in [3.63, 3.8) is 0 Å². The molecule has 0 aliphatic carbocycles. The number of rotatable bonds is 2. The molecular formula is C16H15BrN2OS. The normalized spacial score (nSPS) is 16.6. The van der Waals surface area contributed by atoms with E-state index in [4.69, 9.17) is 5.73 Å². The van der Waals surface area contributed by atoms with Crippen molar-refractivity contribution in [1.82, 2.24) is 0 Å². The van der Waals surface area contributed by atoms with Crippen LogP contribution in [0, 0.1) is 6.92 Å². The summed E-state index contributed by atoms with van der Waals surface area (Å²) in [7, 11) is 0. The number of benzene rings is 2. The first-order chi connectivity index (χ1) is 10.1. The van der Waals surface area contributed by atoms with Gasteiger partial charge in [0.1, 0.15) is 0 Å². The number of anilines is 2. The predicted molar refractivity (Wildman–Crippen MR) is 91.8 cm³/mol. The Morgan fingerprint density at radius 3 is 2.90 bits per heavy atom. The van der Waals surface area contributed by atoms with E-state index in [1.807, 2.05) is 37.3 Å². The first-order valence-electron chi connectivity index (χ1n) is 6.64. The van der Waals surface area contributed by atoms with E-state index in [2.05, 4.69) is 27.3 Å². The Kier molecular flexibility index (Phi) is 3.95. The number of carbonyl (C=O) groups is 1. The molecule has 2 aromatic rings. The Morgan fingerprint density at radius 2 is 2.14 bits per heavy atom. The highest BCUT2D eigenvalue weighted by atomic mass is 79.9. The Balaban J connectivity index is 1.86. The van der Waals surface area contributed by atoms with Gasteiger partial charge in [0, 0.05) is 15.1 Å². The number of amides is 1. The molecule has 0 aromatic heterocycles. The predicted octanol–water partition coefficient (Wildman–Crippen LogP) is 4.17. The van der Waals surface area contributed by atoms with Crippen LogP contribution in [0.15, 0.2) is 45.8 Å². The summed E-state index contributed by atoms with van der Waals surface area (Å²) < 4.78 is 0.812. The van der Waals surface area contributed by atoms with Crippen LogP contribution in [0.25, 0.3) is 0 Å². The molecule has 3 nitrogen and oxygen atoms in total. The summed E-state index contributed by atoms with van der Waals surface area (Å²) in [6.07, 6.45) is 0. The van der Waals surface area contributed by atoms with E-state index in [1.54, 1.807) is 11.8 Å². The van der Waals surface area contributed by atoms with Crippen LogP contribution in [0.5, 0.6) is 0 Å². The maximum atomic E-state index is 12.6. The van der Waals surface area contributed by atoms with E-state index in [1.165, 1.54) is 4.90 Å². The van der Waals surface area contributed by atoms with Crippen LogP contribution in [-0.2, 0) is 4.79 Å². The molecule has 3 rings (SSSR count). The van der Waals surface area contributed by atoms with Crippen molar-refractivity contribution in [2.24, 2.45) is 0 Å². The lowest BCUT2D eigenvalue weighted by molar-refractivity contribution is -0.117. The maximum Gasteiger partial charge on any atom is 0.232 e. The second kappa shape index (κ2) is 5.73. The monoisotopic (exact) mass is 362 g/mol. The third-order valence-corrected chi connectivity index (χ3v) is 5.34. The van der Waals surface area contributed by atoms with Crippen molar-refractivity contribution in [3.05, 3.63) is 52.0 Å². The van der Waals surface area contributed by atoms with E-state index >= 15 is 0 Å². The van der Waals surface area contributed by atoms with Gasteiger partial charge in [-0.05, 0) is 52.2 Å². The maximum absolute atomic E-state index is 12.6. The number of carbonyl (C=O) groups excluding carboxylic acids is 1. The summed E-state index contributed by atoms with van der Waals surface area (Å²) in [4.78, 5) is 13.8. The molecule has 1 atom stereocenters. The molecule has 1 aliphatic heterocycles. The van der Waals surface area contributed by atoms with Gasteiger partial charge in [0.25, 0.3) is 0 Å². The third-order valence-electron chi connectivity index (χ3n) is 3.53. The van der Waals surface area contributed by atoms with Crippen LogP contribution < -0.4 is 11.1 Å². The summed E-state index contributed by atoms with van der Waals surface area (Å²) in [6.45, 7) is 1.97. The topological polar surface area (TPSA) is 55.1 Å². The zero-order valence-electron chi connectivity index (χ0n) is 11.5. The Hall–Kier alpha value is -1.46. The number of aryl methyl sites for hydroxylation is 1. The van der Waals surface area contributed by atoms with Crippen LogP contribution in [-0.4, -0.2) is 11.7 Å². The molecule has 1 amide bonds. The highest BCUT2D eigenvalue weighted by Crippen LogP contribution is 2.40. The minimum absolute atomic E-state index is 0.0105. The number of fused-ring (bicyclic) bond motifs is 1. The Morgan fingerprint density at radius 1 is 1.38 bits per heavy atom. The van der Waals surface area contributed by atoms with Gasteiger partial charge < -0.3 is 11.1 Å². The zero-order chi connectivity index (χ0) is 15.0. The summed E-state index contributed by atoms with van der Waals surface area (Å²) in [5.41, 5.74) is 9.40. The van der Waals surface area contributed by atoms with Crippen LogP contribution in [0.4, 0.5) is 11.4 Å². The number of hydrogen-bond acceptors (Lipinski definition) is 3. The van der Waals surface area contributed by atoms with Crippen molar-refractivity contribution in [2.45, 2.75) is 17.7 Å². The lowest BCUT2D eigenvalue weighted by Crippen LogP contribution is -2.22. The molecule has 0 radical (unpaired) electrons. The van der Waals surface area contributed by atoms with Gasteiger partial charge in [-0.25, -0.2) is 0 Å². The van der Waals surface area contributed by atoms with Crippen LogP contribution in [0.2, 0.25) is 0 Å². The minimum atomic E-state index is -0.126. The van der Waals surface area contributed by atoms with Crippen molar-refractivity contribution < 1.29 is 4.79 Å². The second-order valence-corrected chi connectivity index (χ2v) is 7.02. The number of nitrogens with one attached hydrogen (secondary N) is 1. The number of hydrogen-bond donors (Lipinski definition) is 2. The highest BCUT2D eigenvalue weighted by Gasteiger charge is 2.29. The number of thioether (sulfide) groups is 1. The smallest absolute Gasteiger partial charge is 0.232 e. The molecule has 0 spiro atoms. The van der Waals surface area contributed by atoms with Gasteiger partial charge in [0.15, 0.2) is 0 Å². The van der Waals surface area contributed by atoms with Gasteiger partial charge in [0.05, 0.1) is 17.3 Å². The van der Waals surface area contributed by atoms with Gasteiger partial charge in [-0.2, -0.15) is 0 Å². The summed E-state index contributed by atoms with van der Waals surface area (Å²) in [5.74, 6) is 0.636.